The Morgan fingerprint density at radius 3 is 2.60 bits per heavy atom. The predicted octanol–water partition coefficient (Wildman–Crippen LogP) is 1.49. The second kappa shape index (κ2) is 7.69. The van der Waals surface area contributed by atoms with E-state index in [2.05, 4.69) is 0 Å². The summed E-state index contributed by atoms with van der Waals surface area (Å²) in [5.41, 5.74) is -1.54. The molecule has 3 saturated carbocycles. The van der Waals surface area contributed by atoms with Crippen molar-refractivity contribution in [1.29, 1.82) is 0 Å². The number of aliphatic hydroxyl groups excluding tert-OH is 3. The highest BCUT2D eigenvalue weighted by molar-refractivity contribution is 7.99. The molecule has 6 nitrogen and oxygen atoms in total. The van der Waals surface area contributed by atoms with Crippen molar-refractivity contribution in [2.75, 3.05) is 18.1 Å². The SMILES string of the molecule is CC12CC(O)C(O)CC1C(=O)C=C1C2CCC2(C)C(C(=O)CSCCO)CCC12O. The Labute approximate surface area is 182 Å². The molecule has 4 N–H and O–H groups in total. The van der Waals surface area contributed by atoms with E-state index in [9.17, 15) is 24.9 Å². The number of hydrogen-bond acceptors (Lipinski definition) is 7. The van der Waals surface area contributed by atoms with Gasteiger partial charge in [0, 0.05) is 23.0 Å². The summed E-state index contributed by atoms with van der Waals surface area (Å²) in [6.07, 6.45) is 3.01. The van der Waals surface area contributed by atoms with E-state index < -0.39 is 28.6 Å². The van der Waals surface area contributed by atoms with Crippen molar-refractivity contribution in [2.24, 2.45) is 28.6 Å². The first-order valence-corrected chi connectivity index (χ1v) is 12.3. The van der Waals surface area contributed by atoms with Crippen molar-refractivity contribution in [1.82, 2.24) is 0 Å². The maximum atomic E-state index is 13.1. The average Bonchev–Trinajstić information content (AvgIpc) is 2.96. The lowest BCUT2D eigenvalue weighted by atomic mass is 9.46. The van der Waals surface area contributed by atoms with Crippen LogP contribution in [-0.2, 0) is 9.59 Å². The molecule has 8 unspecified atom stereocenters. The topological polar surface area (TPSA) is 115 Å². The second-order valence-electron chi connectivity index (χ2n) is 10.3. The summed E-state index contributed by atoms with van der Waals surface area (Å²) in [7, 11) is 0. The van der Waals surface area contributed by atoms with Gasteiger partial charge in [-0.25, -0.2) is 0 Å². The number of rotatable bonds is 5. The van der Waals surface area contributed by atoms with E-state index >= 15 is 0 Å². The molecule has 4 rings (SSSR count). The molecule has 0 spiro atoms. The minimum Gasteiger partial charge on any atom is -0.396 e. The molecule has 4 aliphatic carbocycles. The van der Waals surface area contributed by atoms with Crippen LogP contribution in [0.2, 0.25) is 0 Å². The molecule has 0 heterocycles. The number of fused-ring (bicyclic) bond motifs is 5. The second-order valence-corrected chi connectivity index (χ2v) is 11.4. The molecular formula is C23H34O6S. The quantitative estimate of drug-likeness (QED) is 0.481. The molecule has 0 aromatic heterocycles. The van der Waals surface area contributed by atoms with E-state index in [0.717, 1.165) is 12.0 Å². The van der Waals surface area contributed by atoms with Crippen LogP contribution in [0.15, 0.2) is 11.6 Å². The van der Waals surface area contributed by atoms with Gasteiger partial charge in [0.05, 0.1) is 30.2 Å². The fourth-order valence-electron chi connectivity index (χ4n) is 7.22. The van der Waals surface area contributed by atoms with E-state index in [1.54, 1.807) is 6.08 Å². The molecule has 0 amide bonds. The van der Waals surface area contributed by atoms with Gasteiger partial charge in [-0.15, -0.1) is 0 Å². The lowest BCUT2D eigenvalue weighted by Crippen LogP contribution is -2.61. The minimum absolute atomic E-state index is 0.0296. The number of allylic oxidation sites excluding steroid dienone is 1. The van der Waals surface area contributed by atoms with Crippen molar-refractivity contribution in [3.63, 3.8) is 0 Å². The average molecular weight is 439 g/mol. The molecule has 30 heavy (non-hydrogen) atoms. The van der Waals surface area contributed by atoms with Crippen LogP contribution in [0, 0.1) is 28.6 Å². The van der Waals surface area contributed by atoms with Crippen LogP contribution in [-0.4, -0.2) is 67.9 Å². The van der Waals surface area contributed by atoms with Crippen molar-refractivity contribution < 1.29 is 30.0 Å². The monoisotopic (exact) mass is 438 g/mol. The van der Waals surface area contributed by atoms with E-state index in [4.69, 9.17) is 5.11 Å². The van der Waals surface area contributed by atoms with Gasteiger partial charge < -0.3 is 20.4 Å². The molecule has 0 aromatic carbocycles. The van der Waals surface area contributed by atoms with Crippen LogP contribution in [0.4, 0.5) is 0 Å². The number of thioether (sulfide) groups is 1. The Bertz CT molecular complexity index is 767. The van der Waals surface area contributed by atoms with Gasteiger partial charge in [0.1, 0.15) is 5.78 Å². The molecule has 7 heteroatoms. The van der Waals surface area contributed by atoms with E-state index in [-0.39, 0.29) is 42.3 Å². The number of aliphatic hydroxyl groups is 4. The summed E-state index contributed by atoms with van der Waals surface area (Å²) in [5.74, 6) is 0.283. The van der Waals surface area contributed by atoms with Crippen LogP contribution in [0.1, 0.15) is 52.4 Å². The molecule has 0 bridgehead atoms. The zero-order chi connectivity index (χ0) is 21.9. The number of Topliss-reactive ketones (excluding diaryl/α,β-unsaturated/α-hetero) is 1. The third-order valence-electron chi connectivity index (χ3n) is 8.99. The lowest BCUT2D eigenvalue weighted by Gasteiger charge is -2.59. The fraction of sp³-hybridized carbons (Fsp3) is 0.826. The number of carbonyl (C=O) groups excluding carboxylic acids is 2. The minimum atomic E-state index is -1.19. The predicted molar refractivity (Wildman–Crippen MR) is 114 cm³/mol. The first-order valence-electron chi connectivity index (χ1n) is 11.1. The first kappa shape index (κ1) is 22.5. The molecular weight excluding hydrogens is 404 g/mol. The molecule has 3 fully saturated rings. The van der Waals surface area contributed by atoms with Crippen LogP contribution in [0.25, 0.3) is 0 Å². The van der Waals surface area contributed by atoms with Gasteiger partial charge in [-0.1, -0.05) is 13.8 Å². The standard InChI is InChI=1S/C23H34O6S/c1-21-11-19(27)18(26)10-16(21)17(25)9-15-13(21)3-5-22(2)14(4-6-23(15,22)29)20(28)12-30-8-7-24/h9,13-14,16,18-19,24,26-27,29H,3-8,10-12H2,1-2H3. The van der Waals surface area contributed by atoms with Crippen LogP contribution in [0.5, 0.6) is 0 Å². The molecule has 4 aliphatic rings. The van der Waals surface area contributed by atoms with Crippen LogP contribution < -0.4 is 0 Å². The van der Waals surface area contributed by atoms with Crippen molar-refractivity contribution in [3.8, 4) is 0 Å². The molecule has 8 atom stereocenters. The Kier molecular flexibility index (Phi) is 5.76. The van der Waals surface area contributed by atoms with Gasteiger partial charge in [0.2, 0.25) is 0 Å². The van der Waals surface area contributed by atoms with Gasteiger partial charge in [0.15, 0.2) is 5.78 Å². The van der Waals surface area contributed by atoms with Crippen molar-refractivity contribution >= 4 is 23.3 Å². The fourth-order valence-corrected chi connectivity index (χ4v) is 7.90. The van der Waals surface area contributed by atoms with Gasteiger partial charge in [-0.2, -0.15) is 11.8 Å². The summed E-state index contributed by atoms with van der Waals surface area (Å²) in [6, 6.07) is 0. The summed E-state index contributed by atoms with van der Waals surface area (Å²) in [5, 5.41) is 41.5. The summed E-state index contributed by atoms with van der Waals surface area (Å²) < 4.78 is 0. The third kappa shape index (κ3) is 3.07. The molecule has 0 aliphatic heterocycles. The lowest BCUT2D eigenvalue weighted by molar-refractivity contribution is -0.153. The molecule has 0 aromatic rings. The highest BCUT2D eigenvalue weighted by Crippen LogP contribution is 2.67. The van der Waals surface area contributed by atoms with Crippen molar-refractivity contribution in [3.05, 3.63) is 11.6 Å². The molecule has 168 valence electrons. The van der Waals surface area contributed by atoms with E-state index in [1.807, 2.05) is 13.8 Å². The summed E-state index contributed by atoms with van der Waals surface area (Å²) in [6.45, 7) is 4.06. The van der Waals surface area contributed by atoms with Gasteiger partial charge in [0.25, 0.3) is 0 Å². The number of ketones is 2. The van der Waals surface area contributed by atoms with Gasteiger partial charge in [-0.05, 0) is 61.5 Å². The summed E-state index contributed by atoms with van der Waals surface area (Å²) in [4.78, 5) is 26.0. The number of hydrogen-bond donors (Lipinski definition) is 4. The van der Waals surface area contributed by atoms with Gasteiger partial charge >= 0.3 is 0 Å². The Hall–Kier alpha value is -0.730. The largest absolute Gasteiger partial charge is 0.396 e. The van der Waals surface area contributed by atoms with Crippen LogP contribution >= 0.6 is 11.8 Å². The highest BCUT2D eigenvalue weighted by atomic mass is 32.2. The highest BCUT2D eigenvalue weighted by Gasteiger charge is 2.67. The number of carbonyl (C=O) groups is 2. The Morgan fingerprint density at radius 1 is 1.17 bits per heavy atom. The zero-order valence-corrected chi connectivity index (χ0v) is 18.7. The zero-order valence-electron chi connectivity index (χ0n) is 17.8. The van der Waals surface area contributed by atoms with E-state index in [0.29, 0.717) is 37.2 Å². The normalized spacial score (nSPS) is 47.9. The third-order valence-corrected chi connectivity index (χ3v) is 9.95. The Morgan fingerprint density at radius 2 is 1.90 bits per heavy atom. The summed E-state index contributed by atoms with van der Waals surface area (Å²) >= 11 is 1.42. The smallest absolute Gasteiger partial charge is 0.159 e. The Balaban J connectivity index is 1.66. The molecule has 0 saturated heterocycles. The van der Waals surface area contributed by atoms with E-state index in [1.165, 1.54) is 11.8 Å². The van der Waals surface area contributed by atoms with Crippen LogP contribution in [0.3, 0.4) is 0 Å². The van der Waals surface area contributed by atoms with Crippen molar-refractivity contribution in [2.45, 2.75) is 70.2 Å². The molecule has 0 radical (unpaired) electrons. The van der Waals surface area contributed by atoms with Gasteiger partial charge in [-0.3, -0.25) is 9.59 Å². The maximum Gasteiger partial charge on any atom is 0.159 e. The maximum absolute atomic E-state index is 13.1. The first-order chi connectivity index (χ1) is 14.1.